The lowest BCUT2D eigenvalue weighted by molar-refractivity contribution is -0.119. The van der Waals surface area contributed by atoms with Crippen LogP contribution in [0.15, 0.2) is 72.8 Å². The summed E-state index contributed by atoms with van der Waals surface area (Å²) in [6, 6.07) is 23.3. The number of anilines is 4. The SMILES string of the molecule is Nc1ccc(N(c2ccc(CC3SC(=O)NC3=O)cc2)c2ccc(CC3SC(=O)NC3=O)cc2)cc1. The highest BCUT2D eigenvalue weighted by Gasteiger charge is 2.32. The van der Waals surface area contributed by atoms with Crippen molar-refractivity contribution < 1.29 is 19.2 Å². The molecule has 0 saturated carbocycles. The lowest BCUT2D eigenvalue weighted by Crippen LogP contribution is -2.25. The van der Waals surface area contributed by atoms with Gasteiger partial charge in [0.1, 0.15) is 0 Å². The highest BCUT2D eigenvalue weighted by Crippen LogP contribution is 2.36. The van der Waals surface area contributed by atoms with E-state index in [-0.39, 0.29) is 22.3 Å². The lowest BCUT2D eigenvalue weighted by atomic mass is 10.1. The molecule has 0 aromatic heterocycles. The molecule has 2 saturated heterocycles. The second-order valence-electron chi connectivity index (χ2n) is 8.43. The van der Waals surface area contributed by atoms with Gasteiger partial charge in [-0.25, -0.2) is 0 Å². The maximum absolute atomic E-state index is 11.9. The molecule has 10 heteroatoms. The first-order valence-corrected chi connectivity index (χ1v) is 13.0. The first-order chi connectivity index (χ1) is 17.4. The molecular weight excluding hydrogens is 496 g/mol. The summed E-state index contributed by atoms with van der Waals surface area (Å²) in [4.78, 5) is 48.9. The molecule has 5 rings (SSSR count). The normalized spacial score (nSPS) is 19.3. The van der Waals surface area contributed by atoms with Gasteiger partial charge in [-0.3, -0.25) is 29.8 Å². The topological polar surface area (TPSA) is 122 Å². The van der Waals surface area contributed by atoms with E-state index in [4.69, 9.17) is 5.73 Å². The Balaban J connectivity index is 1.39. The summed E-state index contributed by atoms with van der Waals surface area (Å²) < 4.78 is 0. The lowest BCUT2D eigenvalue weighted by Gasteiger charge is -2.26. The van der Waals surface area contributed by atoms with Crippen LogP contribution in [0, 0.1) is 0 Å². The molecule has 2 atom stereocenters. The summed E-state index contributed by atoms with van der Waals surface area (Å²) in [7, 11) is 0. The molecular formula is C26H22N4O4S2. The Bertz CT molecular complexity index is 1250. The van der Waals surface area contributed by atoms with Gasteiger partial charge in [-0.05, 0) is 72.5 Å². The zero-order valence-electron chi connectivity index (χ0n) is 19.0. The van der Waals surface area contributed by atoms with E-state index in [1.54, 1.807) is 0 Å². The molecule has 0 aliphatic carbocycles. The fourth-order valence-corrected chi connectivity index (χ4v) is 5.84. The Morgan fingerprint density at radius 2 is 0.972 bits per heavy atom. The molecule has 182 valence electrons. The molecule has 0 bridgehead atoms. The second kappa shape index (κ2) is 10.1. The van der Waals surface area contributed by atoms with E-state index in [9.17, 15) is 19.2 Å². The Morgan fingerprint density at radius 1 is 0.611 bits per heavy atom. The van der Waals surface area contributed by atoms with Crippen LogP contribution in [0.2, 0.25) is 0 Å². The van der Waals surface area contributed by atoms with Gasteiger partial charge >= 0.3 is 0 Å². The fraction of sp³-hybridized carbons (Fsp3) is 0.154. The summed E-state index contributed by atoms with van der Waals surface area (Å²) in [5.74, 6) is -0.508. The molecule has 0 radical (unpaired) electrons. The van der Waals surface area contributed by atoms with E-state index >= 15 is 0 Å². The molecule has 2 aliphatic rings. The number of nitrogens with zero attached hydrogens (tertiary/aromatic N) is 1. The number of nitrogens with two attached hydrogens (primary N) is 1. The number of benzene rings is 3. The zero-order chi connectivity index (χ0) is 25.2. The molecule has 4 N–H and O–H groups in total. The van der Waals surface area contributed by atoms with E-state index in [1.165, 1.54) is 0 Å². The number of nitrogens with one attached hydrogen (secondary N) is 2. The van der Waals surface area contributed by atoms with Crippen LogP contribution in [0.25, 0.3) is 0 Å². The van der Waals surface area contributed by atoms with Crippen molar-refractivity contribution in [2.24, 2.45) is 0 Å². The van der Waals surface area contributed by atoms with E-state index in [1.807, 2.05) is 72.8 Å². The number of nitrogen functional groups attached to an aromatic ring is 1. The predicted octanol–water partition coefficient (Wildman–Crippen LogP) is 4.53. The summed E-state index contributed by atoms with van der Waals surface area (Å²) >= 11 is 2.04. The molecule has 2 aliphatic heterocycles. The maximum atomic E-state index is 11.9. The molecule has 8 nitrogen and oxygen atoms in total. The van der Waals surface area contributed by atoms with Gasteiger partial charge in [-0.15, -0.1) is 0 Å². The number of amides is 4. The van der Waals surface area contributed by atoms with Crippen LogP contribution in [0.1, 0.15) is 11.1 Å². The summed E-state index contributed by atoms with van der Waals surface area (Å²) in [5, 5.41) is 3.20. The van der Waals surface area contributed by atoms with Crippen molar-refractivity contribution in [2.45, 2.75) is 23.3 Å². The average molecular weight is 519 g/mol. The second-order valence-corrected chi connectivity index (χ2v) is 10.8. The summed E-state index contributed by atoms with van der Waals surface area (Å²) in [5.41, 5.74) is 11.2. The number of imide groups is 2. The van der Waals surface area contributed by atoms with Crippen LogP contribution in [-0.2, 0) is 22.4 Å². The molecule has 3 aromatic rings. The van der Waals surface area contributed by atoms with Crippen LogP contribution in [-0.4, -0.2) is 32.8 Å². The van der Waals surface area contributed by atoms with Gasteiger partial charge in [0.15, 0.2) is 0 Å². The molecule has 2 heterocycles. The minimum atomic E-state index is -0.417. The Kier molecular flexibility index (Phi) is 6.71. The van der Waals surface area contributed by atoms with Crippen molar-refractivity contribution in [3.05, 3.63) is 83.9 Å². The first kappa shape index (κ1) is 24.0. The molecule has 2 unspecified atom stereocenters. The Hall–Kier alpha value is -3.76. The molecule has 3 aromatic carbocycles. The maximum Gasteiger partial charge on any atom is 0.286 e. The van der Waals surface area contributed by atoms with Crippen LogP contribution in [0.4, 0.5) is 32.3 Å². The molecule has 36 heavy (non-hydrogen) atoms. The summed E-state index contributed by atoms with van der Waals surface area (Å²) in [6.45, 7) is 0. The zero-order valence-corrected chi connectivity index (χ0v) is 20.6. The van der Waals surface area contributed by atoms with Gasteiger partial charge in [-0.1, -0.05) is 47.8 Å². The Labute approximate surface area is 216 Å². The summed E-state index contributed by atoms with van der Waals surface area (Å²) in [6.07, 6.45) is 0.933. The number of carbonyl (C=O) groups is 4. The highest BCUT2D eigenvalue weighted by molar-refractivity contribution is 8.15. The first-order valence-electron chi connectivity index (χ1n) is 11.2. The number of thioether (sulfide) groups is 2. The minimum Gasteiger partial charge on any atom is -0.399 e. The van der Waals surface area contributed by atoms with Crippen LogP contribution >= 0.6 is 23.5 Å². The van der Waals surface area contributed by atoms with Gasteiger partial charge in [0.25, 0.3) is 10.5 Å². The van der Waals surface area contributed by atoms with Crippen molar-refractivity contribution in [1.29, 1.82) is 0 Å². The van der Waals surface area contributed by atoms with E-state index in [0.717, 1.165) is 51.7 Å². The van der Waals surface area contributed by atoms with Crippen molar-refractivity contribution in [1.82, 2.24) is 10.6 Å². The van der Waals surface area contributed by atoms with E-state index < -0.39 is 10.5 Å². The van der Waals surface area contributed by atoms with E-state index in [2.05, 4.69) is 15.5 Å². The number of hydrogen-bond donors (Lipinski definition) is 3. The Morgan fingerprint density at radius 3 is 1.31 bits per heavy atom. The van der Waals surface area contributed by atoms with Gasteiger partial charge < -0.3 is 10.6 Å². The average Bonchev–Trinajstić information content (AvgIpc) is 3.35. The van der Waals surface area contributed by atoms with Gasteiger partial charge in [0, 0.05) is 22.7 Å². The van der Waals surface area contributed by atoms with Gasteiger partial charge in [0.2, 0.25) is 11.8 Å². The van der Waals surface area contributed by atoms with Gasteiger partial charge in [-0.2, -0.15) is 0 Å². The smallest absolute Gasteiger partial charge is 0.286 e. The largest absolute Gasteiger partial charge is 0.399 e. The molecule has 2 fully saturated rings. The van der Waals surface area contributed by atoms with Crippen molar-refractivity contribution >= 4 is 68.6 Å². The van der Waals surface area contributed by atoms with Crippen LogP contribution in [0.5, 0.6) is 0 Å². The molecule has 0 spiro atoms. The van der Waals surface area contributed by atoms with Crippen molar-refractivity contribution in [3.8, 4) is 0 Å². The molecule has 4 amide bonds. The number of carbonyl (C=O) groups excluding carboxylic acids is 4. The van der Waals surface area contributed by atoms with Crippen molar-refractivity contribution in [3.63, 3.8) is 0 Å². The third-order valence-electron chi connectivity index (χ3n) is 5.92. The van der Waals surface area contributed by atoms with Crippen LogP contribution < -0.4 is 21.3 Å². The highest BCUT2D eigenvalue weighted by atomic mass is 32.2. The van der Waals surface area contributed by atoms with Crippen LogP contribution in [0.3, 0.4) is 0 Å². The standard InChI is InChI=1S/C26H22N4O4S2/c27-17-5-11-20(12-6-17)30(18-7-1-15(2-8-18)13-21-23(31)28-25(33)35-21)19-9-3-16(4-10-19)14-22-24(32)29-26(34)36-22/h1-12,21-22H,13-14,27H2,(H,28,31,33)(H,29,32,34). The van der Waals surface area contributed by atoms with Gasteiger partial charge in [0.05, 0.1) is 10.5 Å². The van der Waals surface area contributed by atoms with Crippen molar-refractivity contribution in [2.75, 3.05) is 10.6 Å². The van der Waals surface area contributed by atoms with E-state index in [0.29, 0.717) is 18.5 Å². The quantitative estimate of drug-likeness (QED) is 0.390. The third kappa shape index (κ3) is 5.24. The fourth-order valence-electron chi connectivity index (χ4n) is 4.12. The monoisotopic (exact) mass is 518 g/mol. The number of rotatable bonds is 7. The minimum absolute atomic E-state index is 0.254. The predicted molar refractivity (Wildman–Crippen MR) is 143 cm³/mol. The third-order valence-corrected chi connectivity index (χ3v) is 7.88. The number of hydrogen-bond acceptors (Lipinski definition) is 8.